The van der Waals surface area contributed by atoms with Crippen LogP contribution in [0.4, 0.5) is 0 Å². The van der Waals surface area contributed by atoms with Crippen molar-refractivity contribution >= 4 is 23.6 Å². The smallest absolute Gasteiger partial charge is 0.254 e. The molecule has 25 heavy (non-hydrogen) atoms. The Hall–Kier alpha value is -1.60. The van der Waals surface area contributed by atoms with E-state index < -0.39 is 0 Å². The number of nitrogens with zero attached hydrogens (tertiary/aromatic N) is 2. The van der Waals surface area contributed by atoms with Crippen LogP contribution in [0.5, 0.6) is 0 Å². The second kappa shape index (κ2) is 8.67. The summed E-state index contributed by atoms with van der Waals surface area (Å²) in [7, 11) is 0. The molecule has 0 radical (unpaired) electrons. The first kappa shape index (κ1) is 18.2. The van der Waals surface area contributed by atoms with Crippen LogP contribution in [-0.4, -0.2) is 59.2 Å². The average Bonchev–Trinajstić information content (AvgIpc) is 3.17. The predicted molar refractivity (Wildman–Crippen MR) is 98.7 cm³/mol. The van der Waals surface area contributed by atoms with Crippen LogP contribution in [-0.2, 0) is 4.79 Å². The van der Waals surface area contributed by atoms with Crippen molar-refractivity contribution in [2.75, 3.05) is 26.2 Å². The van der Waals surface area contributed by atoms with Crippen LogP contribution in [0.1, 0.15) is 43.0 Å². The monoisotopic (exact) mass is 362 g/mol. The van der Waals surface area contributed by atoms with Crippen LogP contribution in [0.3, 0.4) is 0 Å². The fourth-order valence-electron chi connectivity index (χ4n) is 3.31. The van der Waals surface area contributed by atoms with Gasteiger partial charge in [-0.25, -0.2) is 4.98 Å². The largest absolute Gasteiger partial charge is 0.348 e. The summed E-state index contributed by atoms with van der Waals surface area (Å²) < 4.78 is 0. The molecule has 2 N–H and O–H groups in total. The standard InChI is InChI=1S/C18H26N4O2S/c1-13(18(24)22-10-2-3-11-22)25-17-15(7-5-9-20-17)16(23)21-14-6-4-8-19-12-14/h5,7,9,13-14,19H,2-4,6,8,10-12H2,1H3,(H,21,23)/t13?,14-/m0/s1. The van der Waals surface area contributed by atoms with E-state index in [1.807, 2.05) is 11.8 Å². The molecule has 2 saturated heterocycles. The number of hydrogen-bond donors (Lipinski definition) is 2. The van der Waals surface area contributed by atoms with Crippen LogP contribution in [0.15, 0.2) is 23.4 Å². The number of likely N-dealkylation sites (tertiary alicyclic amines) is 1. The molecule has 0 aromatic carbocycles. The number of hydrogen-bond acceptors (Lipinski definition) is 5. The van der Waals surface area contributed by atoms with Crippen LogP contribution >= 0.6 is 11.8 Å². The molecule has 0 saturated carbocycles. The van der Waals surface area contributed by atoms with E-state index >= 15 is 0 Å². The average molecular weight is 362 g/mol. The molecule has 2 fully saturated rings. The van der Waals surface area contributed by atoms with Gasteiger partial charge >= 0.3 is 0 Å². The van der Waals surface area contributed by atoms with Gasteiger partial charge in [0.15, 0.2) is 0 Å². The van der Waals surface area contributed by atoms with Gasteiger partial charge in [-0.3, -0.25) is 9.59 Å². The molecular formula is C18H26N4O2S. The number of pyridine rings is 1. The zero-order valence-corrected chi connectivity index (χ0v) is 15.5. The molecule has 1 aromatic heterocycles. The maximum Gasteiger partial charge on any atom is 0.254 e. The van der Waals surface area contributed by atoms with Crippen LogP contribution in [0.25, 0.3) is 0 Å². The van der Waals surface area contributed by atoms with Gasteiger partial charge in [-0.2, -0.15) is 0 Å². The number of piperidine rings is 1. The van der Waals surface area contributed by atoms with Gasteiger partial charge < -0.3 is 15.5 Å². The highest BCUT2D eigenvalue weighted by Gasteiger charge is 2.26. The van der Waals surface area contributed by atoms with Crippen molar-refractivity contribution in [2.24, 2.45) is 0 Å². The molecule has 7 heteroatoms. The first-order valence-corrected chi connectivity index (χ1v) is 9.95. The van der Waals surface area contributed by atoms with Crippen molar-refractivity contribution in [3.05, 3.63) is 23.9 Å². The summed E-state index contributed by atoms with van der Waals surface area (Å²) >= 11 is 1.38. The Morgan fingerprint density at radius 3 is 2.88 bits per heavy atom. The molecule has 2 aliphatic heterocycles. The van der Waals surface area contributed by atoms with Gasteiger partial charge in [-0.1, -0.05) is 11.8 Å². The van der Waals surface area contributed by atoms with E-state index in [9.17, 15) is 9.59 Å². The van der Waals surface area contributed by atoms with Gasteiger partial charge in [0.05, 0.1) is 10.8 Å². The summed E-state index contributed by atoms with van der Waals surface area (Å²) in [6, 6.07) is 3.71. The van der Waals surface area contributed by atoms with Crippen molar-refractivity contribution < 1.29 is 9.59 Å². The lowest BCUT2D eigenvalue weighted by Crippen LogP contribution is -2.45. The van der Waals surface area contributed by atoms with Gasteiger partial charge in [-0.05, 0) is 51.3 Å². The molecule has 0 bridgehead atoms. The molecule has 2 atom stereocenters. The topological polar surface area (TPSA) is 74.3 Å². The molecule has 2 amide bonds. The Labute approximate surface area is 153 Å². The minimum absolute atomic E-state index is 0.106. The third kappa shape index (κ3) is 4.73. The second-order valence-corrected chi connectivity index (χ2v) is 7.99. The Balaban J connectivity index is 1.65. The number of thioether (sulfide) groups is 1. The number of nitrogens with one attached hydrogen (secondary N) is 2. The fourth-order valence-corrected chi connectivity index (χ4v) is 4.30. The summed E-state index contributed by atoms with van der Waals surface area (Å²) in [5.41, 5.74) is 0.555. The Morgan fingerprint density at radius 2 is 2.16 bits per heavy atom. The molecule has 0 spiro atoms. The van der Waals surface area contributed by atoms with Crippen molar-refractivity contribution in [1.82, 2.24) is 20.5 Å². The molecule has 2 aliphatic rings. The maximum atomic E-state index is 12.7. The number of rotatable bonds is 5. The third-order valence-corrected chi connectivity index (χ3v) is 5.81. The number of amides is 2. The number of carbonyl (C=O) groups is 2. The summed E-state index contributed by atoms with van der Waals surface area (Å²) in [4.78, 5) is 31.4. The van der Waals surface area contributed by atoms with Gasteiger partial charge in [0.2, 0.25) is 5.91 Å². The van der Waals surface area contributed by atoms with Gasteiger partial charge in [-0.15, -0.1) is 0 Å². The lowest BCUT2D eigenvalue weighted by atomic mass is 10.1. The minimum atomic E-state index is -0.240. The number of carbonyl (C=O) groups excluding carboxylic acids is 2. The highest BCUT2D eigenvalue weighted by molar-refractivity contribution is 8.00. The van der Waals surface area contributed by atoms with E-state index in [1.165, 1.54) is 11.8 Å². The van der Waals surface area contributed by atoms with Crippen molar-refractivity contribution in [3.8, 4) is 0 Å². The Bertz CT molecular complexity index is 613. The molecular weight excluding hydrogens is 336 g/mol. The van der Waals surface area contributed by atoms with Crippen molar-refractivity contribution in [1.29, 1.82) is 0 Å². The Kier molecular flexibility index (Phi) is 6.31. The van der Waals surface area contributed by atoms with E-state index in [-0.39, 0.29) is 23.1 Å². The summed E-state index contributed by atoms with van der Waals surface area (Å²) in [5, 5.41) is 6.77. The van der Waals surface area contributed by atoms with Crippen molar-refractivity contribution in [3.63, 3.8) is 0 Å². The van der Waals surface area contributed by atoms with Gasteiger partial charge in [0.1, 0.15) is 5.03 Å². The van der Waals surface area contributed by atoms with E-state index in [1.54, 1.807) is 18.3 Å². The van der Waals surface area contributed by atoms with E-state index in [0.29, 0.717) is 10.6 Å². The molecule has 3 rings (SSSR count). The zero-order valence-electron chi connectivity index (χ0n) is 14.7. The first-order valence-electron chi connectivity index (χ1n) is 9.07. The predicted octanol–water partition coefficient (Wildman–Crippen LogP) is 1.67. The highest BCUT2D eigenvalue weighted by Crippen LogP contribution is 2.27. The molecule has 1 unspecified atom stereocenters. The maximum absolute atomic E-state index is 12.7. The van der Waals surface area contributed by atoms with Crippen LogP contribution < -0.4 is 10.6 Å². The lowest BCUT2D eigenvalue weighted by molar-refractivity contribution is -0.129. The zero-order chi connectivity index (χ0) is 17.6. The molecule has 1 aromatic rings. The second-order valence-electron chi connectivity index (χ2n) is 6.67. The molecule has 0 aliphatic carbocycles. The van der Waals surface area contributed by atoms with Crippen molar-refractivity contribution in [2.45, 2.75) is 48.9 Å². The number of aromatic nitrogens is 1. The van der Waals surface area contributed by atoms with Gasteiger partial charge in [0, 0.05) is 31.9 Å². The fraction of sp³-hybridized carbons (Fsp3) is 0.611. The SMILES string of the molecule is CC(Sc1ncccc1C(=O)N[C@H]1CCCNC1)C(=O)N1CCCC1. The van der Waals surface area contributed by atoms with Gasteiger partial charge in [0.25, 0.3) is 5.91 Å². The normalized spacial score (nSPS) is 21.8. The third-order valence-electron chi connectivity index (χ3n) is 4.70. The first-order chi connectivity index (χ1) is 12.1. The summed E-state index contributed by atoms with van der Waals surface area (Å²) in [6.07, 6.45) is 5.90. The quantitative estimate of drug-likeness (QED) is 0.780. The summed E-state index contributed by atoms with van der Waals surface area (Å²) in [5.74, 6) is 0.0288. The Morgan fingerprint density at radius 1 is 1.36 bits per heavy atom. The van der Waals surface area contributed by atoms with E-state index in [0.717, 1.165) is 51.9 Å². The van der Waals surface area contributed by atoms with Crippen LogP contribution in [0.2, 0.25) is 0 Å². The lowest BCUT2D eigenvalue weighted by Gasteiger charge is -2.24. The molecule has 3 heterocycles. The molecule has 136 valence electrons. The highest BCUT2D eigenvalue weighted by atomic mass is 32.2. The molecule has 6 nitrogen and oxygen atoms in total. The van der Waals surface area contributed by atoms with Crippen LogP contribution in [0, 0.1) is 0 Å². The minimum Gasteiger partial charge on any atom is -0.348 e. The van der Waals surface area contributed by atoms with E-state index in [4.69, 9.17) is 0 Å². The van der Waals surface area contributed by atoms with E-state index in [2.05, 4.69) is 15.6 Å². The summed E-state index contributed by atoms with van der Waals surface area (Å²) in [6.45, 7) is 5.39.